The number of halogens is 1. The van der Waals surface area contributed by atoms with Crippen molar-refractivity contribution in [1.82, 2.24) is 0 Å². The highest BCUT2D eigenvalue weighted by atomic mass is 19.1. The van der Waals surface area contributed by atoms with Crippen LogP contribution in [0.1, 0.15) is 5.56 Å². The molecule has 1 aromatic rings. The zero-order chi connectivity index (χ0) is 7.72. The van der Waals surface area contributed by atoms with Crippen LogP contribution in [-0.2, 0) is 0 Å². The SMILES string of the molecule is Bc1cc(C)c(O)c(F)c1. The first-order valence-corrected chi connectivity index (χ1v) is 3.07. The van der Waals surface area contributed by atoms with Gasteiger partial charge >= 0.3 is 0 Å². The van der Waals surface area contributed by atoms with Gasteiger partial charge in [0.25, 0.3) is 0 Å². The van der Waals surface area contributed by atoms with E-state index in [-0.39, 0.29) is 5.75 Å². The Morgan fingerprint density at radius 3 is 2.60 bits per heavy atom. The zero-order valence-corrected chi connectivity index (χ0v) is 5.98. The molecule has 0 amide bonds. The second-order valence-corrected chi connectivity index (χ2v) is 2.41. The van der Waals surface area contributed by atoms with E-state index in [4.69, 9.17) is 5.11 Å². The van der Waals surface area contributed by atoms with Gasteiger partial charge in [0.2, 0.25) is 0 Å². The highest BCUT2D eigenvalue weighted by Gasteiger charge is 2.02. The summed E-state index contributed by atoms with van der Waals surface area (Å²) in [6.07, 6.45) is 0. The standard InChI is InChI=1S/C7H8BFO/c1-4-2-5(8)3-6(9)7(4)10/h2-3,10H,8H2,1H3. The van der Waals surface area contributed by atoms with Gasteiger partial charge in [-0.2, -0.15) is 0 Å². The summed E-state index contributed by atoms with van der Waals surface area (Å²) in [4.78, 5) is 0. The third-order valence-electron chi connectivity index (χ3n) is 1.40. The van der Waals surface area contributed by atoms with Crippen LogP contribution in [0.4, 0.5) is 4.39 Å². The lowest BCUT2D eigenvalue weighted by atomic mass is 9.94. The van der Waals surface area contributed by atoms with Gasteiger partial charge in [0, 0.05) is 0 Å². The van der Waals surface area contributed by atoms with E-state index in [1.807, 2.05) is 0 Å². The first-order chi connectivity index (χ1) is 4.61. The molecular formula is C7H8BFO. The maximum absolute atomic E-state index is 12.6. The van der Waals surface area contributed by atoms with Gasteiger partial charge in [0.15, 0.2) is 11.6 Å². The van der Waals surface area contributed by atoms with Gasteiger partial charge in [-0.1, -0.05) is 11.5 Å². The molecule has 0 atom stereocenters. The van der Waals surface area contributed by atoms with Gasteiger partial charge in [-0.3, -0.25) is 0 Å². The molecule has 10 heavy (non-hydrogen) atoms. The Labute approximate surface area is 59.9 Å². The first kappa shape index (κ1) is 7.13. The summed E-state index contributed by atoms with van der Waals surface area (Å²) in [5.74, 6) is -0.789. The number of hydrogen-bond acceptors (Lipinski definition) is 1. The van der Waals surface area contributed by atoms with E-state index in [9.17, 15) is 4.39 Å². The highest BCUT2D eigenvalue weighted by Crippen LogP contribution is 2.17. The van der Waals surface area contributed by atoms with Gasteiger partial charge in [0.1, 0.15) is 7.85 Å². The Balaban J connectivity index is 3.31. The molecular weight excluding hydrogens is 130 g/mol. The van der Waals surface area contributed by atoms with E-state index >= 15 is 0 Å². The Kier molecular flexibility index (Phi) is 1.66. The van der Waals surface area contributed by atoms with Crippen molar-refractivity contribution >= 4 is 13.3 Å². The molecule has 1 aromatic carbocycles. The van der Waals surface area contributed by atoms with Gasteiger partial charge in [0.05, 0.1) is 0 Å². The zero-order valence-electron chi connectivity index (χ0n) is 5.98. The molecule has 0 bridgehead atoms. The highest BCUT2D eigenvalue weighted by molar-refractivity contribution is 6.32. The van der Waals surface area contributed by atoms with Crippen molar-refractivity contribution < 1.29 is 9.50 Å². The molecule has 1 N–H and O–H groups in total. The summed E-state index contributed by atoms with van der Waals surface area (Å²) in [6.45, 7) is 1.67. The maximum Gasteiger partial charge on any atom is 0.164 e. The lowest BCUT2D eigenvalue weighted by molar-refractivity contribution is 0.429. The molecule has 0 spiro atoms. The Morgan fingerprint density at radius 1 is 1.50 bits per heavy atom. The molecule has 0 fully saturated rings. The molecule has 0 radical (unpaired) electrons. The molecule has 0 aliphatic rings. The number of hydrogen-bond donors (Lipinski definition) is 1. The molecule has 0 aromatic heterocycles. The van der Waals surface area contributed by atoms with E-state index in [0.29, 0.717) is 5.56 Å². The molecule has 0 aliphatic carbocycles. The summed E-state index contributed by atoms with van der Waals surface area (Å²) < 4.78 is 12.6. The number of aryl methyl sites for hydroxylation is 1. The second kappa shape index (κ2) is 2.33. The Hall–Kier alpha value is -0.985. The first-order valence-electron chi connectivity index (χ1n) is 3.07. The van der Waals surface area contributed by atoms with Crippen LogP contribution in [0.2, 0.25) is 0 Å². The average molecular weight is 138 g/mol. The minimum absolute atomic E-state index is 0.245. The molecule has 1 nitrogen and oxygen atoms in total. The van der Waals surface area contributed by atoms with Crippen LogP contribution in [0.3, 0.4) is 0 Å². The lowest BCUT2D eigenvalue weighted by Gasteiger charge is -2.00. The van der Waals surface area contributed by atoms with Gasteiger partial charge < -0.3 is 5.11 Å². The fourth-order valence-corrected chi connectivity index (χ4v) is 0.908. The molecule has 1 rings (SSSR count). The van der Waals surface area contributed by atoms with E-state index < -0.39 is 5.82 Å². The predicted octanol–water partition coefficient (Wildman–Crippen LogP) is 0.0981. The quantitative estimate of drug-likeness (QED) is 0.504. The van der Waals surface area contributed by atoms with Crippen molar-refractivity contribution in [3.05, 3.63) is 23.5 Å². The van der Waals surface area contributed by atoms with E-state index in [2.05, 4.69) is 0 Å². The number of rotatable bonds is 0. The normalized spacial score (nSPS) is 9.80. The van der Waals surface area contributed by atoms with Crippen LogP contribution in [0.15, 0.2) is 12.1 Å². The van der Waals surface area contributed by atoms with Crippen LogP contribution in [0.25, 0.3) is 0 Å². The number of benzene rings is 1. The average Bonchev–Trinajstić information content (AvgIpc) is 1.82. The molecule has 0 aliphatic heterocycles. The summed E-state index contributed by atoms with van der Waals surface area (Å²) in [5.41, 5.74) is 1.41. The summed E-state index contributed by atoms with van der Waals surface area (Å²) in [5, 5.41) is 8.96. The molecule has 0 saturated carbocycles. The van der Waals surface area contributed by atoms with Crippen LogP contribution in [0, 0.1) is 12.7 Å². The van der Waals surface area contributed by atoms with Gasteiger partial charge in [-0.15, -0.1) is 0 Å². The minimum atomic E-state index is -0.544. The van der Waals surface area contributed by atoms with Crippen LogP contribution >= 0.6 is 0 Å². The summed E-state index contributed by atoms with van der Waals surface area (Å²) in [6, 6.07) is 3.04. The van der Waals surface area contributed by atoms with Crippen LogP contribution in [0.5, 0.6) is 5.75 Å². The van der Waals surface area contributed by atoms with E-state index in [1.54, 1.807) is 20.8 Å². The predicted molar refractivity (Wildman–Crippen MR) is 41.0 cm³/mol. The maximum atomic E-state index is 12.6. The lowest BCUT2D eigenvalue weighted by Crippen LogP contribution is -2.03. The number of phenols is 1. The molecule has 0 unspecified atom stereocenters. The van der Waals surface area contributed by atoms with Crippen LogP contribution in [-0.4, -0.2) is 13.0 Å². The third kappa shape index (κ3) is 1.13. The topological polar surface area (TPSA) is 20.2 Å². The number of phenolic OH excluding ortho intramolecular Hbond substituents is 1. The van der Waals surface area contributed by atoms with Crippen molar-refractivity contribution in [1.29, 1.82) is 0 Å². The van der Waals surface area contributed by atoms with Crippen molar-refractivity contribution in [2.45, 2.75) is 6.92 Å². The fraction of sp³-hybridized carbons (Fsp3) is 0.143. The molecule has 0 saturated heterocycles. The molecule has 52 valence electrons. The number of aromatic hydroxyl groups is 1. The minimum Gasteiger partial charge on any atom is -0.505 e. The van der Waals surface area contributed by atoms with E-state index in [0.717, 1.165) is 5.46 Å². The fourth-order valence-electron chi connectivity index (χ4n) is 0.908. The summed E-state index contributed by atoms with van der Waals surface area (Å²) in [7, 11) is 1.79. The molecule has 3 heteroatoms. The Morgan fingerprint density at radius 2 is 2.10 bits per heavy atom. The van der Waals surface area contributed by atoms with Crippen LogP contribution < -0.4 is 5.46 Å². The largest absolute Gasteiger partial charge is 0.505 e. The van der Waals surface area contributed by atoms with Gasteiger partial charge in [-0.25, -0.2) is 4.39 Å². The second-order valence-electron chi connectivity index (χ2n) is 2.41. The monoisotopic (exact) mass is 138 g/mol. The van der Waals surface area contributed by atoms with Crippen molar-refractivity contribution in [2.24, 2.45) is 0 Å². The third-order valence-corrected chi connectivity index (χ3v) is 1.40. The van der Waals surface area contributed by atoms with E-state index in [1.165, 1.54) is 6.07 Å². The smallest absolute Gasteiger partial charge is 0.164 e. The van der Waals surface area contributed by atoms with Crippen molar-refractivity contribution in [2.75, 3.05) is 0 Å². The summed E-state index contributed by atoms with van der Waals surface area (Å²) >= 11 is 0. The Bertz CT molecular complexity index is 237. The van der Waals surface area contributed by atoms with Crippen molar-refractivity contribution in [3.8, 4) is 5.75 Å². The molecule has 0 heterocycles. The van der Waals surface area contributed by atoms with Crippen molar-refractivity contribution in [3.63, 3.8) is 0 Å². The van der Waals surface area contributed by atoms with Gasteiger partial charge in [-0.05, 0) is 18.6 Å².